The Hall–Kier alpha value is -0.610. The number of carbonyl (C=O) groups is 1. The Bertz CT molecular complexity index is 299. The van der Waals surface area contributed by atoms with Crippen LogP contribution in [-0.4, -0.2) is 37.7 Å². The second-order valence-corrected chi connectivity index (χ2v) is 6.57. The summed E-state index contributed by atoms with van der Waals surface area (Å²) < 4.78 is 5.15. The fraction of sp³-hybridized carbons (Fsp3) is 0.933. The van der Waals surface area contributed by atoms with Crippen LogP contribution in [0.5, 0.6) is 0 Å². The van der Waals surface area contributed by atoms with Crippen LogP contribution in [0.1, 0.15) is 53.4 Å². The first kappa shape index (κ1) is 16.4. The van der Waals surface area contributed by atoms with Gasteiger partial charge in [0.25, 0.3) is 0 Å². The molecular weight excluding hydrogens is 240 g/mol. The van der Waals surface area contributed by atoms with Gasteiger partial charge < -0.3 is 15.4 Å². The van der Waals surface area contributed by atoms with Gasteiger partial charge in [0.05, 0.1) is 6.04 Å². The van der Waals surface area contributed by atoms with Gasteiger partial charge in [-0.25, -0.2) is 0 Å². The molecule has 0 radical (unpaired) electrons. The molecule has 19 heavy (non-hydrogen) atoms. The standard InChI is InChI=1S/C15H30N2O2/c1-6-14(3,4)17-13(18)12(2)16-11-15(7-8-15)9-10-19-5/h12,16H,6-11H2,1-5H3,(H,17,18). The van der Waals surface area contributed by atoms with Crippen LogP contribution in [0.4, 0.5) is 0 Å². The molecule has 0 heterocycles. The minimum atomic E-state index is -0.133. The van der Waals surface area contributed by atoms with Crippen LogP contribution in [-0.2, 0) is 9.53 Å². The second-order valence-electron chi connectivity index (χ2n) is 6.57. The van der Waals surface area contributed by atoms with E-state index in [1.807, 2.05) is 6.92 Å². The molecule has 0 aliphatic heterocycles. The van der Waals surface area contributed by atoms with Crippen LogP contribution in [0, 0.1) is 5.41 Å². The van der Waals surface area contributed by atoms with Crippen LogP contribution in [0.3, 0.4) is 0 Å². The molecule has 0 bridgehead atoms. The zero-order valence-electron chi connectivity index (χ0n) is 13.1. The van der Waals surface area contributed by atoms with E-state index in [1.54, 1.807) is 7.11 Å². The van der Waals surface area contributed by atoms with Gasteiger partial charge in [0, 0.05) is 25.8 Å². The summed E-state index contributed by atoms with van der Waals surface area (Å²) in [5.41, 5.74) is 0.255. The highest BCUT2D eigenvalue weighted by Crippen LogP contribution is 2.48. The predicted molar refractivity (Wildman–Crippen MR) is 78.1 cm³/mol. The number of carbonyl (C=O) groups excluding carboxylic acids is 1. The van der Waals surface area contributed by atoms with Crippen molar-refractivity contribution in [2.75, 3.05) is 20.3 Å². The van der Waals surface area contributed by atoms with Crippen LogP contribution < -0.4 is 10.6 Å². The van der Waals surface area contributed by atoms with Crippen LogP contribution in [0.2, 0.25) is 0 Å². The van der Waals surface area contributed by atoms with E-state index >= 15 is 0 Å². The van der Waals surface area contributed by atoms with E-state index in [1.165, 1.54) is 12.8 Å². The van der Waals surface area contributed by atoms with E-state index in [9.17, 15) is 4.79 Å². The van der Waals surface area contributed by atoms with Crippen LogP contribution in [0.15, 0.2) is 0 Å². The molecule has 0 aromatic rings. The number of hydrogen-bond donors (Lipinski definition) is 2. The average Bonchev–Trinajstić information content (AvgIpc) is 3.13. The lowest BCUT2D eigenvalue weighted by molar-refractivity contribution is -0.124. The first-order valence-corrected chi connectivity index (χ1v) is 7.38. The Kier molecular flexibility index (Phi) is 5.81. The molecule has 1 aliphatic carbocycles. The molecule has 1 saturated carbocycles. The molecule has 4 heteroatoms. The Morgan fingerprint density at radius 2 is 2.05 bits per heavy atom. The lowest BCUT2D eigenvalue weighted by Crippen LogP contribution is -2.51. The summed E-state index contributed by atoms with van der Waals surface area (Å²) in [7, 11) is 1.74. The van der Waals surface area contributed by atoms with Crippen molar-refractivity contribution in [3.8, 4) is 0 Å². The Labute approximate surface area is 117 Å². The van der Waals surface area contributed by atoms with Crippen LogP contribution in [0.25, 0.3) is 0 Å². The first-order chi connectivity index (χ1) is 8.84. The normalized spacial score (nSPS) is 19.0. The molecule has 0 aromatic heterocycles. The molecule has 1 fully saturated rings. The van der Waals surface area contributed by atoms with Crippen molar-refractivity contribution in [3.05, 3.63) is 0 Å². The van der Waals surface area contributed by atoms with Crippen molar-refractivity contribution in [1.29, 1.82) is 0 Å². The molecule has 1 unspecified atom stereocenters. The number of nitrogens with one attached hydrogen (secondary N) is 2. The highest BCUT2D eigenvalue weighted by atomic mass is 16.5. The number of rotatable bonds is 9. The predicted octanol–water partition coefficient (Wildman–Crippen LogP) is 2.09. The molecule has 0 saturated heterocycles. The molecule has 1 amide bonds. The van der Waals surface area contributed by atoms with Crippen LogP contribution >= 0.6 is 0 Å². The molecule has 112 valence electrons. The van der Waals surface area contributed by atoms with Crippen molar-refractivity contribution in [3.63, 3.8) is 0 Å². The number of amides is 1. The van der Waals surface area contributed by atoms with Crippen molar-refractivity contribution >= 4 is 5.91 Å². The Balaban J connectivity index is 2.31. The summed E-state index contributed by atoms with van der Waals surface area (Å²) in [5.74, 6) is 0.0920. The van der Waals surface area contributed by atoms with E-state index in [4.69, 9.17) is 4.74 Å². The summed E-state index contributed by atoms with van der Waals surface area (Å²) in [5, 5.41) is 6.45. The van der Waals surface area contributed by atoms with Gasteiger partial charge in [0.1, 0.15) is 0 Å². The van der Waals surface area contributed by atoms with Crippen molar-refractivity contribution in [2.24, 2.45) is 5.41 Å². The molecule has 1 atom stereocenters. The molecule has 1 rings (SSSR count). The maximum Gasteiger partial charge on any atom is 0.237 e. The van der Waals surface area contributed by atoms with Crippen molar-refractivity contribution in [1.82, 2.24) is 10.6 Å². The molecule has 1 aliphatic rings. The monoisotopic (exact) mass is 270 g/mol. The minimum absolute atomic E-state index is 0.0920. The average molecular weight is 270 g/mol. The first-order valence-electron chi connectivity index (χ1n) is 7.38. The maximum atomic E-state index is 12.1. The number of methoxy groups -OCH3 is 1. The fourth-order valence-electron chi connectivity index (χ4n) is 2.00. The van der Waals surface area contributed by atoms with E-state index in [2.05, 4.69) is 31.4 Å². The van der Waals surface area contributed by atoms with Gasteiger partial charge >= 0.3 is 0 Å². The summed E-state index contributed by atoms with van der Waals surface area (Å²) >= 11 is 0. The van der Waals surface area contributed by atoms with E-state index in [0.29, 0.717) is 5.41 Å². The van der Waals surface area contributed by atoms with Crippen molar-refractivity contribution < 1.29 is 9.53 Å². The topological polar surface area (TPSA) is 50.4 Å². The smallest absolute Gasteiger partial charge is 0.237 e. The molecule has 0 aromatic carbocycles. The van der Waals surface area contributed by atoms with E-state index < -0.39 is 0 Å². The SMILES string of the molecule is CCC(C)(C)NC(=O)C(C)NCC1(CCOC)CC1. The largest absolute Gasteiger partial charge is 0.385 e. The van der Waals surface area contributed by atoms with Gasteiger partial charge in [-0.1, -0.05) is 6.92 Å². The quantitative estimate of drug-likeness (QED) is 0.674. The zero-order valence-corrected chi connectivity index (χ0v) is 13.1. The lowest BCUT2D eigenvalue weighted by Gasteiger charge is -2.27. The highest BCUT2D eigenvalue weighted by Gasteiger charge is 2.42. The third-order valence-electron chi connectivity index (χ3n) is 4.32. The van der Waals surface area contributed by atoms with Gasteiger partial charge in [-0.05, 0) is 51.9 Å². The zero-order chi connectivity index (χ0) is 14.5. The number of hydrogen-bond acceptors (Lipinski definition) is 3. The molecule has 0 spiro atoms. The molecular formula is C15H30N2O2. The third-order valence-corrected chi connectivity index (χ3v) is 4.32. The minimum Gasteiger partial charge on any atom is -0.385 e. The summed E-state index contributed by atoms with van der Waals surface area (Å²) in [6.07, 6.45) is 4.52. The van der Waals surface area contributed by atoms with Crippen molar-refractivity contribution in [2.45, 2.75) is 65.0 Å². The van der Waals surface area contributed by atoms with E-state index in [0.717, 1.165) is 26.0 Å². The Morgan fingerprint density at radius 3 is 2.53 bits per heavy atom. The maximum absolute atomic E-state index is 12.1. The fourth-order valence-corrected chi connectivity index (χ4v) is 2.00. The molecule has 2 N–H and O–H groups in total. The van der Waals surface area contributed by atoms with Gasteiger partial charge in [0.15, 0.2) is 0 Å². The summed E-state index contributed by atoms with van der Waals surface area (Å²) in [4.78, 5) is 12.1. The third kappa shape index (κ3) is 5.49. The van der Waals surface area contributed by atoms with Gasteiger partial charge in [-0.3, -0.25) is 4.79 Å². The van der Waals surface area contributed by atoms with Gasteiger partial charge in [-0.2, -0.15) is 0 Å². The van der Waals surface area contributed by atoms with E-state index in [-0.39, 0.29) is 17.5 Å². The summed E-state index contributed by atoms with van der Waals surface area (Å²) in [6, 6.07) is -0.133. The molecule has 4 nitrogen and oxygen atoms in total. The number of ether oxygens (including phenoxy) is 1. The Morgan fingerprint density at radius 1 is 1.42 bits per heavy atom. The van der Waals surface area contributed by atoms with Gasteiger partial charge in [-0.15, -0.1) is 0 Å². The highest BCUT2D eigenvalue weighted by molar-refractivity contribution is 5.81. The summed E-state index contributed by atoms with van der Waals surface area (Å²) in [6.45, 7) is 9.86. The second kappa shape index (κ2) is 6.71. The van der Waals surface area contributed by atoms with Gasteiger partial charge in [0.2, 0.25) is 5.91 Å². The lowest BCUT2D eigenvalue weighted by atomic mass is 10.0.